The van der Waals surface area contributed by atoms with Crippen molar-refractivity contribution in [1.29, 1.82) is 0 Å². The number of H-pyrrole nitrogens is 1. The summed E-state index contributed by atoms with van der Waals surface area (Å²) in [4.78, 5) is 26.1. The largest absolute Gasteiger partial charge is 0.348 e. The summed E-state index contributed by atoms with van der Waals surface area (Å²) in [5.74, 6) is -0.125. The predicted octanol–water partition coefficient (Wildman–Crippen LogP) is 2.77. The molecule has 0 aliphatic rings. The van der Waals surface area contributed by atoms with Crippen LogP contribution in [0, 0.1) is 13.8 Å². The van der Waals surface area contributed by atoms with Crippen LogP contribution in [0.3, 0.4) is 0 Å². The van der Waals surface area contributed by atoms with Gasteiger partial charge in [-0.1, -0.05) is 6.07 Å². The maximum Gasteiger partial charge on any atom is 0.254 e. The molecule has 0 atom stereocenters. The summed E-state index contributed by atoms with van der Waals surface area (Å²) >= 11 is 1.54. The average Bonchev–Trinajstić information content (AvgIpc) is 3.13. The van der Waals surface area contributed by atoms with Crippen molar-refractivity contribution < 1.29 is 4.79 Å². The lowest BCUT2D eigenvalue weighted by Crippen LogP contribution is -2.24. The van der Waals surface area contributed by atoms with Gasteiger partial charge >= 0.3 is 0 Å². The highest BCUT2D eigenvalue weighted by molar-refractivity contribution is 7.13. The Hall–Kier alpha value is -2.60. The van der Waals surface area contributed by atoms with Crippen LogP contribution >= 0.6 is 11.3 Å². The third-order valence-electron chi connectivity index (χ3n) is 3.67. The number of aromatic amines is 1. The highest BCUT2D eigenvalue weighted by atomic mass is 32.1. The number of pyridine rings is 1. The Morgan fingerprint density at radius 1 is 1.17 bits per heavy atom. The summed E-state index contributed by atoms with van der Waals surface area (Å²) in [6.07, 6.45) is 1.61. The smallest absolute Gasteiger partial charge is 0.254 e. The van der Waals surface area contributed by atoms with Crippen LogP contribution in [0.1, 0.15) is 27.3 Å². The molecule has 0 aliphatic heterocycles. The SMILES string of the molecule is Cc1ccc(C)n1-c1sccc1C(=O)NCc1ccc(=O)[nH]c1. The second kappa shape index (κ2) is 6.26. The summed E-state index contributed by atoms with van der Waals surface area (Å²) in [5.41, 5.74) is 3.54. The van der Waals surface area contributed by atoms with Crippen LogP contribution in [0.25, 0.3) is 5.00 Å². The van der Waals surface area contributed by atoms with E-state index in [2.05, 4.69) is 14.9 Å². The Morgan fingerprint density at radius 2 is 1.91 bits per heavy atom. The average molecular weight is 327 g/mol. The van der Waals surface area contributed by atoms with E-state index >= 15 is 0 Å². The first kappa shape index (κ1) is 15.3. The minimum Gasteiger partial charge on any atom is -0.348 e. The molecule has 6 heteroatoms. The molecule has 0 radical (unpaired) electrons. The van der Waals surface area contributed by atoms with Crippen LogP contribution in [0.2, 0.25) is 0 Å². The van der Waals surface area contributed by atoms with E-state index in [1.165, 1.54) is 6.07 Å². The van der Waals surface area contributed by atoms with Gasteiger partial charge in [0.25, 0.3) is 5.91 Å². The van der Waals surface area contributed by atoms with E-state index in [4.69, 9.17) is 0 Å². The van der Waals surface area contributed by atoms with Gasteiger partial charge in [0.1, 0.15) is 5.00 Å². The predicted molar refractivity (Wildman–Crippen MR) is 91.4 cm³/mol. The van der Waals surface area contributed by atoms with Crippen LogP contribution in [-0.4, -0.2) is 15.5 Å². The zero-order chi connectivity index (χ0) is 16.4. The maximum atomic E-state index is 12.5. The standard InChI is InChI=1S/C17H17N3O2S/c1-11-3-4-12(2)20(11)17-14(7-8-23-17)16(22)19-10-13-5-6-15(21)18-9-13/h3-9H,10H2,1-2H3,(H,18,21)(H,19,22). The molecule has 1 amide bonds. The number of aromatic nitrogens is 2. The molecule has 3 rings (SSSR count). The van der Waals surface area contributed by atoms with Crippen molar-refractivity contribution in [3.8, 4) is 5.00 Å². The molecule has 3 aromatic heterocycles. The molecule has 0 aromatic carbocycles. The molecule has 0 saturated heterocycles. The minimum atomic E-state index is -0.154. The molecule has 2 N–H and O–H groups in total. The van der Waals surface area contributed by atoms with Gasteiger partial charge in [0.15, 0.2) is 0 Å². The summed E-state index contributed by atoms with van der Waals surface area (Å²) in [7, 11) is 0. The van der Waals surface area contributed by atoms with Crippen LogP contribution in [-0.2, 0) is 6.54 Å². The van der Waals surface area contributed by atoms with Gasteiger partial charge in [0, 0.05) is 30.2 Å². The highest BCUT2D eigenvalue weighted by Gasteiger charge is 2.16. The van der Waals surface area contributed by atoms with Gasteiger partial charge in [-0.15, -0.1) is 11.3 Å². The molecule has 118 valence electrons. The molecule has 3 aromatic rings. The fourth-order valence-electron chi connectivity index (χ4n) is 2.47. The summed E-state index contributed by atoms with van der Waals surface area (Å²) < 4.78 is 2.08. The van der Waals surface area contributed by atoms with Gasteiger partial charge in [-0.25, -0.2) is 0 Å². The van der Waals surface area contributed by atoms with Gasteiger partial charge in [-0.05, 0) is 43.0 Å². The number of hydrogen-bond acceptors (Lipinski definition) is 3. The van der Waals surface area contributed by atoms with Crippen LogP contribution in [0.5, 0.6) is 0 Å². The van der Waals surface area contributed by atoms with Crippen molar-refractivity contribution >= 4 is 17.2 Å². The first-order chi connectivity index (χ1) is 11.1. The second-order valence-corrected chi connectivity index (χ2v) is 6.23. The quantitative estimate of drug-likeness (QED) is 0.774. The molecule has 5 nitrogen and oxygen atoms in total. The van der Waals surface area contributed by atoms with Gasteiger partial charge in [0.05, 0.1) is 5.56 Å². The third kappa shape index (κ3) is 3.12. The van der Waals surface area contributed by atoms with Crippen molar-refractivity contribution in [2.24, 2.45) is 0 Å². The molecule has 0 unspecified atom stereocenters. The number of thiophene rings is 1. The maximum absolute atomic E-state index is 12.5. The molecule has 0 fully saturated rings. The fraction of sp³-hybridized carbons (Fsp3) is 0.176. The lowest BCUT2D eigenvalue weighted by atomic mass is 10.2. The molecular formula is C17H17N3O2S. The Kier molecular flexibility index (Phi) is 4.16. The van der Waals surface area contributed by atoms with Gasteiger partial charge in [-0.3, -0.25) is 9.59 Å². The van der Waals surface area contributed by atoms with Crippen molar-refractivity contribution in [2.75, 3.05) is 0 Å². The number of rotatable bonds is 4. The van der Waals surface area contributed by atoms with E-state index in [9.17, 15) is 9.59 Å². The highest BCUT2D eigenvalue weighted by Crippen LogP contribution is 2.25. The van der Waals surface area contributed by atoms with Gasteiger partial charge in [0.2, 0.25) is 5.56 Å². The molecular weight excluding hydrogens is 310 g/mol. The van der Waals surface area contributed by atoms with Crippen LogP contribution in [0.15, 0.2) is 46.7 Å². The van der Waals surface area contributed by atoms with E-state index < -0.39 is 0 Å². The number of nitrogens with zero attached hydrogens (tertiary/aromatic N) is 1. The van der Waals surface area contributed by atoms with E-state index in [-0.39, 0.29) is 11.5 Å². The normalized spacial score (nSPS) is 10.7. The zero-order valence-corrected chi connectivity index (χ0v) is 13.7. The molecule has 23 heavy (non-hydrogen) atoms. The monoisotopic (exact) mass is 327 g/mol. The van der Waals surface area contributed by atoms with Crippen molar-refractivity contribution in [1.82, 2.24) is 14.9 Å². The number of hydrogen-bond donors (Lipinski definition) is 2. The molecule has 0 aliphatic carbocycles. The summed E-state index contributed by atoms with van der Waals surface area (Å²) in [5, 5.41) is 5.73. The topological polar surface area (TPSA) is 66.9 Å². The van der Waals surface area contributed by atoms with Gasteiger partial charge in [-0.2, -0.15) is 0 Å². The first-order valence-electron chi connectivity index (χ1n) is 7.25. The van der Waals surface area contributed by atoms with Gasteiger partial charge < -0.3 is 14.9 Å². The molecule has 0 bridgehead atoms. The van der Waals surface area contributed by atoms with E-state index in [0.717, 1.165) is 22.0 Å². The second-order valence-electron chi connectivity index (χ2n) is 5.33. The lowest BCUT2D eigenvalue weighted by molar-refractivity contribution is 0.0951. The number of carbonyl (C=O) groups is 1. The molecule has 3 heterocycles. The fourth-order valence-corrected chi connectivity index (χ4v) is 3.48. The number of amides is 1. The number of aryl methyl sites for hydroxylation is 2. The van der Waals surface area contributed by atoms with Crippen molar-refractivity contribution in [3.63, 3.8) is 0 Å². The van der Waals surface area contributed by atoms with E-state index in [1.807, 2.05) is 37.4 Å². The Bertz CT molecular complexity index is 865. The third-order valence-corrected chi connectivity index (χ3v) is 4.56. The zero-order valence-electron chi connectivity index (χ0n) is 12.9. The van der Waals surface area contributed by atoms with Crippen LogP contribution < -0.4 is 10.9 Å². The van der Waals surface area contributed by atoms with E-state index in [0.29, 0.717) is 12.1 Å². The number of nitrogens with one attached hydrogen (secondary N) is 2. The summed E-state index contributed by atoms with van der Waals surface area (Å²) in [6, 6.07) is 9.06. The first-order valence-corrected chi connectivity index (χ1v) is 8.13. The number of carbonyl (C=O) groups excluding carboxylic acids is 1. The van der Waals surface area contributed by atoms with Crippen LogP contribution in [0.4, 0.5) is 0 Å². The molecule has 0 spiro atoms. The minimum absolute atomic E-state index is 0.125. The Labute approximate surface area is 137 Å². The van der Waals surface area contributed by atoms with E-state index in [1.54, 1.807) is 23.6 Å². The summed E-state index contributed by atoms with van der Waals surface area (Å²) in [6.45, 7) is 4.41. The lowest BCUT2D eigenvalue weighted by Gasteiger charge is -2.10. The van der Waals surface area contributed by atoms with Crippen molar-refractivity contribution in [2.45, 2.75) is 20.4 Å². The van der Waals surface area contributed by atoms with Crippen molar-refractivity contribution in [3.05, 3.63) is 74.8 Å². The molecule has 0 saturated carbocycles. The Morgan fingerprint density at radius 3 is 2.57 bits per heavy atom. The Balaban J connectivity index is 1.80.